The van der Waals surface area contributed by atoms with Gasteiger partial charge < -0.3 is 4.90 Å². The summed E-state index contributed by atoms with van der Waals surface area (Å²) in [6, 6.07) is 8.00. The van der Waals surface area contributed by atoms with Crippen LogP contribution >= 0.6 is 0 Å². The summed E-state index contributed by atoms with van der Waals surface area (Å²) in [4.78, 5) is 13.3. The summed E-state index contributed by atoms with van der Waals surface area (Å²) in [6.07, 6.45) is 0.713. The summed E-state index contributed by atoms with van der Waals surface area (Å²) in [6.45, 7) is 1.82. The van der Waals surface area contributed by atoms with Crippen LogP contribution in [0.25, 0.3) is 0 Å². The predicted molar refractivity (Wildman–Crippen MR) is 97.5 cm³/mol. The molecule has 2 aliphatic rings. The van der Waals surface area contributed by atoms with Gasteiger partial charge in [0.15, 0.2) is 0 Å². The Morgan fingerprint density at radius 2 is 1.93 bits per heavy atom. The zero-order valence-corrected chi connectivity index (χ0v) is 15.3. The van der Waals surface area contributed by atoms with Gasteiger partial charge in [0.2, 0.25) is 0 Å². The SMILES string of the molecule is CN(c1ccnc(C2CC2)n1)C1CCN(Cc2ccccc2C(F)(F)F)C1. The quantitative estimate of drug-likeness (QED) is 0.787. The number of anilines is 1. The van der Waals surface area contributed by atoms with Crippen molar-refractivity contribution in [3.63, 3.8) is 0 Å². The van der Waals surface area contributed by atoms with Crippen molar-refractivity contribution in [2.45, 2.75) is 43.9 Å². The Bertz CT molecular complexity index is 804. The van der Waals surface area contributed by atoms with Gasteiger partial charge in [-0.25, -0.2) is 9.97 Å². The maximum Gasteiger partial charge on any atom is 0.416 e. The van der Waals surface area contributed by atoms with Crippen molar-refractivity contribution in [1.29, 1.82) is 0 Å². The highest BCUT2D eigenvalue weighted by Crippen LogP contribution is 2.38. The van der Waals surface area contributed by atoms with E-state index in [0.717, 1.165) is 50.1 Å². The van der Waals surface area contributed by atoms with Gasteiger partial charge in [0, 0.05) is 44.8 Å². The number of likely N-dealkylation sites (N-methyl/N-ethyl adjacent to an activating group) is 1. The van der Waals surface area contributed by atoms with E-state index in [1.165, 1.54) is 6.07 Å². The maximum absolute atomic E-state index is 13.2. The van der Waals surface area contributed by atoms with Crippen molar-refractivity contribution in [2.24, 2.45) is 0 Å². The van der Waals surface area contributed by atoms with E-state index in [4.69, 9.17) is 0 Å². The Hall–Kier alpha value is -2.15. The average Bonchev–Trinajstić information content (AvgIpc) is 3.40. The van der Waals surface area contributed by atoms with E-state index in [9.17, 15) is 13.2 Å². The fourth-order valence-corrected chi connectivity index (χ4v) is 3.73. The lowest BCUT2D eigenvalue weighted by Crippen LogP contribution is -2.35. The fraction of sp³-hybridized carbons (Fsp3) is 0.500. The normalized spacial score (nSPS) is 20.8. The molecule has 1 aromatic carbocycles. The van der Waals surface area contributed by atoms with Gasteiger partial charge in [-0.2, -0.15) is 13.2 Å². The first-order valence-electron chi connectivity index (χ1n) is 9.35. The van der Waals surface area contributed by atoms with E-state index < -0.39 is 11.7 Å². The first-order valence-corrected chi connectivity index (χ1v) is 9.35. The van der Waals surface area contributed by atoms with Gasteiger partial charge in [0.25, 0.3) is 0 Å². The fourth-order valence-electron chi connectivity index (χ4n) is 3.73. The molecule has 1 aliphatic heterocycles. The highest BCUT2D eigenvalue weighted by atomic mass is 19.4. The molecule has 0 amide bonds. The second-order valence-corrected chi connectivity index (χ2v) is 7.49. The third-order valence-corrected chi connectivity index (χ3v) is 5.48. The molecule has 0 bridgehead atoms. The van der Waals surface area contributed by atoms with Crippen LogP contribution in [0.5, 0.6) is 0 Å². The zero-order chi connectivity index (χ0) is 19.0. The Kier molecular flexibility index (Phi) is 4.80. The minimum Gasteiger partial charge on any atom is -0.355 e. The van der Waals surface area contributed by atoms with E-state index in [0.29, 0.717) is 18.0 Å². The van der Waals surface area contributed by atoms with Crippen LogP contribution in [0.4, 0.5) is 19.0 Å². The number of likely N-dealkylation sites (tertiary alicyclic amines) is 1. The van der Waals surface area contributed by atoms with Crippen molar-refractivity contribution in [3.05, 3.63) is 53.5 Å². The number of nitrogens with zero attached hydrogens (tertiary/aromatic N) is 4. The van der Waals surface area contributed by atoms with Crippen LogP contribution in [0.1, 0.15) is 42.1 Å². The van der Waals surface area contributed by atoms with Gasteiger partial charge >= 0.3 is 6.18 Å². The summed E-state index contributed by atoms with van der Waals surface area (Å²) in [5, 5.41) is 0. The monoisotopic (exact) mass is 376 g/mol. The molecular weight excluding hydrogens is 353 g/mol. The number of benzene rings is 1. The number of hydrogen-bond donors (Lipinski definition) is 0. The van der Waals surface area contributed by atoms with E-state index in [1.807, 2.05) is 13.1 Å². The van der Waals surface area contributed by atoms with Gasteiger partial charge in [-0.3, -0.25) is 4.90 Å². The molecular formula is C20H23F3N4. The standard InChI is InChI=1S/C20H23F3N4/c1-26(18-8-10-24-19(25-18)14-6-7-14)16-9-11-27(13-16)12-15-4-2-3-5-17(15)20(21,22)23/h2-5,8,10,14,16H,6-7,9,11-13H2,1H3. The molecule has 1 unspecified atom stereocenters. The van der Waals surface area contributed by atoms with E-state index in [-0.39, 0.29) is 6.04 Å². The van der Waals surface area contributed by atoms with Gasteiger partial charge in [-0.05, 0) is 37.0 Å². The number of alkyl halides is 3. The molecule has 4 nitrogen and oxygen atoms in total. The van der Waals surface area contributed by atoms with Crippen LogP contribution in [0.2, 0.25) is 0 Å². The van der Waals surface area contributed by atoms with Crippen molar-refractivity contribution in [2.75, 3.05) is 25.0 Å². The summed E-state index contributed by atoms with van der Waals surface area (Å²) < 4.78 is 39.6. The van der Waals surface area contributed by atoms with Crippen molar-refractivity contribution >= 4 is 5.82 Å². The molecule has 2 heterocycles. The van der Waals surface area contributed by atoms with Crippen LogP contribution in [0, 0.1) is 0 Å². The van der Waals surface area contributed by atoms with E-state index >= 15 is 0 Å². The highest BCUT2D eigenvalue weighted by Gasteiger charge is 2.34. The Morgan fingerprint density at radius 3 is 2.67 bits per heavy atom. The molecule has 1 saturated carbocycles. The molecule has 0 N–H and O–H groups in total. The summed E-state index contributed by atoms with van der Waals surface area (Å²) in [5.74, 6) is 2.31. The van der Waals surface area contributed by atoms with Crippen molar-refractivity contribution < 1.29 is 13.2 Å². The third kappa shape index (κ3) is 4.08. The molecule has 2 aromatic rings. The molecule has 1 saturated heterocycles. The Morgan fingerprint density at radius 1 is 1.15 bits per heavy atom. The Balaban J connectivity index is 1.43. The van der Waals surface area contributed by atoms with Gasteiger partial charge in [0.05, 0.1) is 5.56 Å². The van der Waals surface area contributed by atoms with Crippen LogP contribution in [-0.4, -0.2) is 41.0 Å². The highest BCUT2D eigenvalue weighted by molar-refractivity contribution is 5.39. The molecule has 27 heavy (non-hydrogen) atoms. The zero-order valence-electron chi connectivity index (χ0n) is 15.3. The van der Waals surface area contributed by atoms with E-state index in [1.54, 1.807) is 18.3 Å². The van der Waals surface area contributed by atoms with Crippen LogP contribution in [0.15, 0.2) is 36.5 Å². The molecule has 1 aromatic heterocycles. The molecule has 4 rings (SSSR count). The molecule has 2 fully saturated rings. The number of halogens is 3. The molecule has 1 aliphatic carbocycles. The number of hydrogen-bond acceptors (Lipinski definition) is 4. The maximum atomic E-state index is 13.2. The molecule has 0 spiro atoms. The lowest BCUT2D eigenvalue weighted by Gasteiger charge is -2.26. The minimum absolute atomic E-state index is 0.241. The molecule has 7 heteroatoms. The van der Waals surface area contributed by atoms with E-state index in [2.05, 4.69) is 19.8 Å². The smallest absolute Gasteiger partial charge is 0.355 e. The van der Waals surface area contributed by atoms with Crippen molar-refractivity contribution in [1.82, 2.24) is 14.9 Å². The summed E-state index contributed by atoms with van der Waals surface area (Å²) >= 11 is 0. The predicted octanol–water partition coefficient (Wildman–Crippen LogP) is 4.08. The largest absolute Gasteiger partial charge is 0.416 e. The Labute approximate surface area is 157 Å². The lowest BCUT2D eigenvalue weighted by molar-refractivity contribution is -0.138. The minimum atomic E-state index is -4.31. The summed E-state index contributed by atoms with van der Waals surface area (Å²) in [7, 11) is 2.01. The third-order valence-electron chi connectivity index (χ3n) is 5.48. The molecule has 144 valence electrons. The second kappa shape index (κ2) is 7.11. The van der Waals surface area contributed by atoms with Crippen LogP contribution in [0.3, 0.4) is 0 Å². The molecule has 0 radical (unpaired) electrons. The van der Waals surface area contributed by atoms with Crippen LogP contribution < -0.4 is 4.90 Å². The first-order chi connectivity index (χ1) is 12.9. The van der Waals surface area contributed by atoms with Gasteiger partial charge in [-0.15, -0.1) is 0 Å². The average molecular weight is 376 g/mol. The molecule has 1 atom stereocenters. The topological polar surface area (TPSA) is 32.3 Å². The first kappa shape index (κ1) is 18.2. The van der Waals surface area contributed by atoms with Crippen molar-refractivity contribution in [3.8, 4) is 0 Å². The number of rotatable bonds is 5. The van der Waals surface area contributed by atoms with Gasteiger partial charge in [0.1, 0.15) is 11.6 Å². The lowest BCUT2D eigenvalue weighted by atomic mass is 10.1. The van der Waals surface area contributed by atoms with Crippen LogP contribution in [-0.2, 0) is 12.7 Å². The number of aromatic nitrogens is 2. The van der Waals surface area contributed by atoms with Gasteiger partial charge in [-0.1, -0.05) is 18.2 Å². The summed E-state index contributed by atoms with van der Waals surface area (Å²) in [5.41, 5.74) is -0.196. The second-order valence-electron chi connectivity index (χ2n) is 7.49.